The molecule has 0 radical (unpaired) electrons. The van der Waals surface area contributed by atoms with Crippen LogP contribution in [0.15, 0.2) is 42.5 Å². The Morgan fingerprint density at radius 1 is 1.18 bits per heavy atom. The Morgan fingerprint density at radius 2 is 1.91 bits per heavy atom. The first-order valence-corrected chi connectivity index (χ1v) is 7.16. The highest BCUT2D eigenvalue weighted by Gasteiger charge is 2.14. The van der Waals surface area contributed by atoms with Gasteiger partial charge in [0.05, 0.1) is 21.8 Å². The minimum atomic E-state index is -1.15. The number of aliphatic hydroxyl groups is 1. The summed E-state index contributed by atoms with van der Waals surface area (Å²) in [5.74, 6) is -0.532. The van der Waals surface area contributed by atoms with Crippen LogP contribution < -0.4 is 10.6 Å². The molecule has 116 valence electrons. The van der Waals surface area contributed by atoms with Crippen LogP contribution >= 0.6 is 23.2 Å². The number of aliphatic hydroxyl groups excluding tert-OH is 1. The Morgan fingerprint density at radius 3 is 2.64 bits per heavy atom. The second-order valence-electron chi connectivity index (χ2n) is 4.47. The molecule has 0 heterocycles. The molecule has 3 N–H and O–H groups in total. The van der Waals surface area contributed by atoms with Crippen LogP contribution in [0.2, 0.25) is 10.0 Å². The fourth-order valence-electron chi connectivity index (χ4n) is 1.81. The van der Waals surface area contributed by atoms with Gasteiger partial charge in [-0.15, -0.1) is 0 Å². The van der Waals surface area contributed by atoms with E-state index in [1.165, 1.54) is 18.2 Å². The summed E-state index contributed by atoms with van der Waals surface area (Å²) < 4.78 is 13.5. The Labute approximate surface area is 136 Å². The number of hydrogen-bond donors (Lipinski definition) is 3. The van der Waals surface area contributed by atoms with Crippen LogP contribution in [0.4, 0.5) is 14.9 Å². The van der Waals surface area contributed by atoms with E-state index in [9.17, 15) is 14.3 Å². The zero-order chi connectivity index (χ0) is 16.1. The average molecular weight is 343 g/mol. The van der Waals surface area contributed by atoms with Gasteiger partial charge in [0.1, 0.15) is 5.82 Å². The van der Waals surface area contributed by atoms with Crippen LogP contribution in [-0.4, -0.2) is 17.7 Å². The largest absolute Gasteiger partial charge is 0.386 e. The van der Waals surface area contributed by atoms with Crippen molar-refractivity contribution in [3.63, 3.8) is 0 Å². The first-order valence-electron chi connectivity index (χ1n) is 6.40. The van der Waals surface area contributed by atoms with Crippen molar-refractivity contribution in [3.05, 3.63) is 63.9 Å². The minimum absolute atomic E-state index is 0.114. The van der Waals surface area contributed by atoms with Gasteiger partial charge in [0.25, 0.3) is 0 Å². The van der Waals surface area contributed by atoms with E-state index in [2.05, 4.69) is 10.6 Å². The second-order valence-corrected chi connectivity index (χ2v) is 5.26. The highest BCUT2D eigenvalue weighted by Crippen LogP contribution is 2.29. The van der Waals surface area contributed by atoms with Gasteiger partial charge in [-0.05, 0) is 18.2 Å². The molecular weight excluding hydrogens is 330 g/mol. The van der Waals surface area contributed by atoms with E-state index in [-0.39, 0.29) is 17.1 Å². The molecule has 2 aromatic carbocycles. The van der Waals surface area contributed by atoms with Crippen LogP contribution in [0.3, 0.4) is 0 Å². The van der Waals surface area contributed by atoms with Crippen molar-refractivity contribution < 1.29 is 14.3 Å². The summed E-state index contributed by atoms with van der Waals surface area (Å²) in [6.45, 7) is -0.148. The molecule has 7 heteroatoms. The van der Waals surface area contributed by atoms with E-state index in [1.807, 2.05) is 0 Å². The molecule has 0 fully saturated rings. The van der Waals surface area contributed by atoms with Gasteiger partial charge in [0.2, 0.25) is 0 Å². The molecule has 2 aromatic rings. The molecule has 0 bridgehead atoms. The van der Waals surface area contributed by atoms with E-state index < -0.39 is 18.0 Å². The molecule has 1 unspecified atom stereocenters. The number of urea groups is 1. The van der Waals surface area contributed by atoms with Crippen LogP contribution in [0.1, 0.15) is 11.7 Å². The highest BCUT2D eigenvalue weighted by molar-refractivity contribution is 6.43. The van der Waals surface area contributed by atoms with Crippen LogP contribution in [0.25, 0.3) is 0 Å². The molecule has 0 spiro atoms. The van der Waals surface area contributed by atoms with E-state index in [4.69, 9.17) is 23.2 Å². The van der Waals surface area contributed by atoms with Gasteiger partial charge in [-0.25, -0.2) is 9.18 Å². The quantitative estimate of drug-likeness (QED) is 0.786. The number of carbonyl (C=O) groups is 1. The summed E-state index contributed by atoms with van der Waals surface area (Å²) in [6.07, 6.45) is -1.15. The summed E-state index contributed by atoms with van der Waals surface area (Å²) in [6, 6.07) is 10.0. The minimum Gasteiger partial charge on any atom is -0.386 e. The van der Waals surface area contributed by atoms with Crippen LogP contribution in [0, 0.1) is 5.82 Å². The van der Waals surface area contributed by atoms with Crippen molar-refractivity contribution in [3.8, 4) is 0 Å². The Kier molecular flexibility index (Phi) is 5.60. The zero-order valence-corrected chi connectivity index (χ0v) is 12.8. The maximum atomic E-state index is 13.5. The molecular formula is C15H13Cl2FN2O2. The van der Waals surface area contributed by atoms with Crippen molar-refractivity contribution in [1.82, 2.24) is 5.32 Å². The Bertz CT molecular complexity index is 682. The summed E-state index contributed by atoms with van der Waals surface area (Å²) >= 11 is 11.8. The number of benzene rings is 2. The normalized spacial score (nSPS) is 11.8. The monoisotopic (exact) mass is 342 g/mol. The van der Waals surface area contributed by atoms with E-state index in [0.29, 0.717) is 10.7 Å². The third kappa shape index (κ3) is 4.10. The smallest absolute Gasteiger partial charge is 0.319 e. The summed E-state index contributed by atoms with van der Waals surface area (Å²) in [4.78, 5) is 11.8. The molecule has 0 saturated heterocycles. The fourth-order valence-corrected chi connectivity index (χ4v) is 2.16. The Balaban J connectivity index is 1.93. The van der Waals surface area contributed by atoms with Crippen molar-refractivity contribution in [2.75, 3.05) is 11.9 Å². The predicted octanol–water partition coefficient (Wildman–Crippen LogP) is 3.99. The SMILES string of the molecule is O=C(NCC(O)c1ccccc1F)Nc1cccc(Cl)c1Cl. The molecule has 0 aliphatic carbocycles. The van der Waals surface area contributed by atoms with Gasteiger partial charge in [-0.2, -0.15) is 0 Å². The first kappa shape index (κ1) is 16.5. The lowest BCUT2D eigenvalue weighted by Crippen LogP contribution is -2.32. The molecule has 22 heavy (non-hydrogen) atoms. The van der Waals surface area contributed by atoms with Crippen molar-refractivity contribution in [1.29, 1.82) is 0 Å². The number of amides is 2. The van der Waals surface area contributed by atoms with E-state index in [0.717, 1.165) is 0 Å². The lowest BCUT2D eigenvalue weighted by atomic mass is 10.1. The number of rotatable bonds is 4. The molecule has 0 aromatic heterocycles. The Hall–Kier alpha value is -1.82. The fraction of sp³-hybridized carbons (Fsp3) is 0.133. The van der Waals surface area contributed by atoms with Gasteiger partial charge in [0, 0.05) is 12.1 Å². The molecule has 0 saturated carbocycles. The van der Waals surface area contributed by atoms with Crippen LogP contribution in [-0.2, 0) is 0 Å². The molecule has 2 amide bonds. The summed E-state index contributed by atoms with van der Waals surface area (Å²) in [5.41, 5.74) is 0.454. The lowest BCUT2D eigenvalue weighted by Gasteiger charge is -2.14. The third-order valence-electron chi connectivity index (χ3n) is 2.92. The van der Waals surface area contributed by atoms with Crippen molar-refractivity contribution >= 4 is 34.9 Å². The molecule has 4 nitrogen and oxygen atoms in total. The highest BCUT2D eigenvalue weighted by atomic mass is 35.5. The maximum absolute atomic E-state index is 13.5. The zero-order valence-electron chi connectivity index (χ0n) is 11.3. The molecule has 0 aliphatic rings. The lowest BCUT2D eigenvalue weighted by molar-refractivity contribution is 0.170. The standard InChI is InChI=1S/C15H13Cl2FN2O2/c16-10-5-3-7-12(14(10)17)20-15(22)19-8-13(21)9-4-1-2-6-11(9)18/h1-7,13,21H,8H2,(H2,19,20,22). The summed E-state index contributed by atoms with van der Waals surface area (Å²) in [5, 5.41) is 15.3. The van der Waals surface area contributed by atoms with Crippen molar-refractivity contribution in [2.24, 2.45) is 0 Å². The van der Waals surface area contributed by atoms with Crippen LogP contribution in [0.5, 0.6) is 0 Å². The van der Waals surface area contributed by atoms with Gasteiger partial charge in [-0.3, -0.25) is 0 Å². The first-order chi connectivity index (χ1) is 10.5. The van der Waals surface area contributed by atoms with Gasteiger partial charge < -0.3 is 15.7 Å². The van der Waals surface area contributed by atoms with E-state index >= 15 is 0 Å². The number of hydrogen-bond acceptors (Lipinski definition) is 2. The maximum Gasteiger partial charge on any atom is 0.319 e. The molecule has 0 aliphatic heterocycles. The number of halogens is 3. The van der Waals surface area contributed by atoms with Gasteiger partial charge in [0.15, 0.2) is 0 Å². The van der Waals surface area contributed by atoms with Crippen molar-refractivity contribution in [2.45, 2.75) is 6.10 Å². The summed E-state index contributed by atoms with van der Waals surface area (Å²) in [7, 11) is 0. The van der Waals surface area contributed by atoms with Gasteiger partial charge in [-0.1, -0.05) is 47.5 Å². The molecule has 2 rings (SSSR count). The number of carbonyl (C=O) groups excluding carboxylic acids is 1. The third-order valence-corrected chi connectivity index (χ3v) is 3.74. The number of nitrogens with one attached hydrogen (secondary N) is 2. The average Bonchev–Trinajstić information content (AvgIpc) is 2.50. The second kappa shape index (κ2) is 7.45. The number of anilines is 1. The predicted molar refractivity (Wildman–Crippen MR) is 84.8 cm³/mol. The van der Waals surface area contributed by atoms with Gasteiger partial charge >= 0.3 is 6.03 Å². The molecule has 1 atom stereocenters. The van der Waals surface area contributed by atoms with E-state index in [1.54, 1.807) is 24.3 Å². The topological polar surface area (TPSA) is 61.4 Å².